The van der Waals surface area contributed by atoms with E-state index in [1.165, 1.54) is 4.88 Å². The van der Waals surface area contributed by atoms with Gasteiger partial charge in [0, 0.05) is 30.9 Å². The van der Waals surface area contributed by atoms with Gasteiger partial charge in [0.25, 0.3) is 0 Å². The molecule has 5 nitrogen and oxygen atoms in total. The first-order valence-electron chi connectivity index (χ1n) is 7.13. The number of hydrogen-bond donors (Lipinski definition) is 2. The van der Waals surface area contributed by atoms with E-state index in [1.807, 2.05) is 0 Å². The Kier molecular flexibility index (Phi) is 6.46. The van der Waals surface area contributed by atoms with E-state index in [9.17, 15) is 4.79 Å². The summed E-state index contributed by atoms with van der Waals surface area (Å²) >= 11 is 1.74. The molecular weight excluding hydrogens is 274 g/mol. The summed E-state index contributed by atoms with van der Waals surface area (Å²) in [5.74, 6) is 0.0882. The van der Waals surface area contributed by atoms with E-state index < -0.39 is 0 Å². The summed E-state index contributed by atoms with van der Waals surface area (Å²) in [7, 11) is 0. The number of morpholine rings is 1. The van der Waals surface area contributed by atoms with Crippen molar-refractivity contribution in [3.05, 3.63) is 22.4 Å². The third kappa shape index (κ3) is 4.56. The first-order chi connectivity index (χ1) is 9.81. The quantitative estimate of drug-likeness (QED) is 0.787. The van der Waals surface area contributed by atoms with Crippen molar-refractivity contribution >= 4 is 17.2 Å². The second-order valence-electron chi connectivity index (χ2n) is 4.88. The van der Waals surface area contributed by atoms with Crippen LogP contribution in [0.2, 0.25) is 0 Å². The Morgan fingerprint density at radius 3 is 2.95 bits per heavy atom. The first kappa shape index (κ1) is 15.4. The van der Waals surface area contributed by atoms with Crippen LogP contribution in [0.5, 0.6) is 0 Å². The minimum Gasteiger partial charge on any atom is -0.379 e. The number of ether oxygens (including phenoxy) is 1. The largest absolute Gasteiger partial charge is 0.379 e. The van der Waals surface area contributed by atoms with Gasteiger partial charge in [0.15, 0.2) is 0 Å². The highest BCUT2D eigenvalue weighted by atomic mass is 32.1. The molecule has 1 fully saturated rings. The lowest BCUT2D eigenvalue weighted by Crippen LogP contribution is -2.43. The van der Waals surface area contributed by atoms with Gasteiger partial charge in [-0.3, -0.25) is 9.69 Å². The van der Waals surface area contributed by atoms with E-state index in [2.05, 4.69) is 27.7 Å². The number of thiophene rings is 1. The molecule has 1 saturated heterocycles. The van der Waals surface area contributed by atoms with Gasteiger partial charge in [-0.15, -0.1) is 11.3 Å². The predicted octanol–water partition coefficient (Wildman–Crippen LogP) is 0.976. The van der Waals surface area contributed by atoms with Crippen molar-refractivity contribution in [3.8, 4) is 0 Å². The van der Waals surface area contributed by atoms with E-state index in [1.54, 1.807) is 11.3 Å². The molecule has 1 aromatic rings. The summed E-state index contributed by atoms with van der Waals surface area (Å²) in [4.78, 5) is 15.4. The first-order valence-corrected chi connectivity index (χ1v) is 8.01. The Balaban J connectivity index is 1.91. The molecule has 2 heterocycles. The highest BCUT2D eigenvalue weighted by Crippen LogP contribution is 2.25. The minimum atomic E-state index is 0.0882. The second kappa shape index (κ2) is 8.36. The third-order valence-corrected chi connectivity index (χ3v) is 4.43. The molecule has 20 heavy (non-hydrogen) atoms. The van der Waals surface area contributed by atoms with Gasteiger partial charge >= 0.3 is 0 Å². The Labute approximate surface area is 124 Å². The fourth-order valence-electron chi connectivity index (χ4n) is 2.34. The van der Waals surface area contributed by atoms with Crippen LogP contribution in [0.3, 0.4) is 0 Å². The van der Waals surface area contributed by atoms with Crippen LogP contribution in [0.1, 0.15) is 23.8 Å². The number of amides is 1. The Hall–Kier alpha value is -0.950. The molecule has 1 aliphatic rings. The smallest absolute Gasteiger partial charge is 0.220 e. The Morgan fingerprint density at radius 1 is 1.50 bits per heavy atom. The van der Waals surface area contributed by atoms with Crippen LogP contribution < -0.4 is 11.1 Å². The van der Waals surface area contributed by atoms with E-state index in [-0.39, 0.29) is 11.9 Å². The molecule has 3 N–H and O–H groups in total. The summed E-state index contributed by atoms with van der Waals surface area (Å²) in [6, 6.07) is 4.45. The molecule has 0 radical (unpaired) electrons. The van der Waals surface area contributed by atoms with Crippen molar-refractivity contribution in [2.75, 3.05) is 39.4 Å². The molecule has 1 aromatic heterocycles. The fraction of sp³-hybridized carbons (Fsp3) is 0.643. The lowest BCUT2D eigenvalue weighted by atomic mass is 10.2. The molecule has 1 amide bonds. The van der Waals surface area contributed by atoms with Crippen molar-refractivity contribution in [2.45, 2.75) is 18.9 Å². The van der Waals surface area contributed by atoms with Crippen LogP contribution in [0.4, 0.5) is 0 Å². The normalized spacial score (nSPS) is 17.9. The maximum absolute atomic E-state index is 11.8. The number of nitrogens with one attached hydrogen (secondary N) is 1. The highest BCUT2D eigenvalue weighted by Gasteiger charge is 2.23. The van der Waals surface area contributed by atoms with Gasteiger partial charge in [-0.05, 0) is 24.4 Å². The van der Waals surface area contributed by atoms with Gasteiger partial charge in [-0.2, -0.15) is 0 Å². The summed E-state index contributed by atoms with van der Waals surface area (Å²) in [6.07, 6.45) is 1.25. The highest BCUT2D eigenvalue weighted by molar-refractivity contribution is 7.10. The van der Waals surface area contributed by atoms with Crippen molar-refractivity contribution in [1.82, 2.24) is 10.2 Å². The van der Waals surface area contributed by atoms with Gasteiger partial charge in [-0.25, -0.2) is 0 Å². The zero-order chi connectivity index (χ0) is 14.2. The van der Waals surface area contributed by atoms with Crippen molar-refractivity contribution in [3.63, 3.8) is 0 Å². The minimum absolute atomic E-state index is 0.0882. The third-order valence-electron chi connectivity index (χ3n) is 3.46. The molecule has 0 bridgehead atoms. The number of nitrogens with two attached hydrogens (primary N) is 1. The van der Waals surface area contributed by atoms with Crippen LogP contribution in [-0.2, 0) is 9.53 Å². The number of carbonyl (C=O) groups is 1. The summed E-state index contributed by atoms with van der Waals surface area (Å²) < 4.78 is 5.41. The van der Waals surface area contributed by atoms with Gasteiger partial charge in [0.05, 0.1) is 19.3 Å². The molecular formula is C14H23N3O2S. The molecule has 0 saturated carbocycles. The zero-order valence-electron chi connectivity index (χ0n) is 11.7. The molecule has 112 valence electrons. The SMILES string of the molecule is NCCCC(=O)NCC(c1cccs1)N1CCOCC1. The molecule has 1 unspecified atom stereocenters. The number of rotatable bonds is 7. The molecule has 1 atom stereocenters. The van der Waals surface area contributed by atoms with Crippen molar-refractivity contribution in [2.24, 2.45) is 5.73 Å². The summed E-state index contributed by atoms with van der Waals surface area (Å²) in [5.41, 5.74) is 5.43. The average molecular weight is 297 g/mol. The average Bonchev–Trinajstić information content (AvgIpc) is 3.00. The topological polar surface area (TPSA) is 67.6 Å². The fourth-order valence-corrected chi connectivity index (χ4v) is 3.20. The maximum Gasteiger partial charge on any atom is 0.220 e. The predicted molar refractivity (Wildman–Crippen MR) is 80.8 cm³/mol. The molecule has 0 aromatic carbocycles. The lowest BCUT2D eigenvalue weighted by molar-refractivity contribution is -0.121. The van der Waals surface area contributed by atoms with E-state index in [4.69, 9.17) is 10.5 Å². The number of carbonyl (C=O) groups excluding carboxylic acids is 1. The summed E-state index contributed by atoms with van der Waals surface area (Å²) in [5, 5.41) is 5.12. The van der Waals surface area contributed by atoms with E-state index >= 15 is 0 Å². The number of nitrogens with zero attached hydrogens (tertiary/aromatic N) is 1. The van der Waals surface area contributed by atoms with Crippen LogP contribution in [0.25, 0.3) is 0 Å². The van der Waals surface area contributed by atoms with Gasteiger partial charge in [0.2, 0.25) is 5.91 Å². The standard InChI is InChI=1S/C14H23N3O2S/c15-5-1-4-14(18)16-11-12(13-3-2-10-20-13)17-6-8-19-9-7-17/h2-3,10,12H,1,4-9,11,15H2,(H,16,18). The van der Waals surface area contributed by atoms with Gasteiger partial charge in [-0.1, -0.05) is 6.07 Å². The van der Waals surface area contributed by atoms with Gasteiger partial charge < -0.3 is 15.8 Å². The van der Waals surface area contributed by atoms with Crippen LogP contribution in [0, 0.1) is 0 Å². The number of hydrogen-bond acceptors (Lipinski definition) is 5. The Bertz CT molecular complexity index is 391. The van der Waals surface area contributed by atoms with E-state index in [0.717, 1.165) is 32.7 Å². The summed E-state index contributed by atoms with van der Waals surface area (Å²) in [6.45, 7) is 4.59. The zero-order valence-corrected chi connectivity index (χ0v) is 12.5. The van der Waals surface area contributed by atoms with Crippen LogP contribution >= 0.6 is 11.3 Å². The molecule has 0 spiro atoms. The molecule has 6 heteroatoms. The molecule has 0 aliphatic carbocycles. The monoisotopic (exact) mass is 297 g/mol. The van der Waals surface area contributed by atoms with Crippen LogP contribution in [-0.4, -0.2) is 50.2 Å². The molecule has 1 aliphatic heterocycles. The maximum atomic E-state index is 11.8. The van der Waals surface area contributed by atoms with Crippen molar-refractivity contribution < 1.29 is 9.53 Å². The Morgan fingerprint density at radius 2 is 2.30 bits per heavy atom. The van der Waals surface area contributed by atoms with E-state index in [0.29, 0.717) is 19.5 Å². The van der Waals surface area contributed by atoms with Gasteiger partial charge in [0.1, 0.15) is 0 Å². The molecule has 2 rings (SSSR count). The van der Waals surface area contributed by atoms with Crippen molar-refractivity contribution in [1.29, 1.82) is 0 Å². The second-order valence-corrected chi connectivity index (χ2v) is 5.86. The van der Waals surface area contributed by atoms with Crippen LogP contribution in [0.15, 0.2) is 17.5 Å². The lowest BCUT2D eigenvalue weighted by Gasteiger charge is -2.34.